The number of methoxy groups -OCH3 is 1. The molecule has 2 aromatic carbocycles. The van der Waals surface area contributed by atoms with Gasteiger partial charge in [-0.2, -0.15) is 0 Å². The summed E-state index contributed by atoms with van der Waals surface area (Å²) in [6.07, 6.45) is 3.17. The van der Waals surface area contributed by atoms with Crippen molar-refractivity contribution < 1.29 is 19.1 Å². The normalized spacial score (nSPS) is 16.7. The van der Waals surface area contributed by atoms with Crippen LogP contribution in [0.1, 0.15) is 36.0 Å². The molecular formula is C26H30N2O4. The molecule has 0 unspecified atom stereocenters. The van der Waals surface area contributed by atoms with Crippen LogP contribution >= 0.6 is 0 Å². The van der Waals surface area contributed by atoms with Crippen molar-refractivity contribution in [2.24, 2.45) is 0 Å². The molecule has 0 saturated carbocycles. The Labute approximate surface area is 189 Å². The summed E-state index contributed by atoms with van der Waals surface area (Å²) in [4.78, 5) is 30.3. The van der Waals surface area contributed by atoms with E-state index in [0.29, 0.717) is 22.6 Å². The fourth-order valence-corrected chi connectivity index (χ4v) is 4.54. The van der Waals surface area contributed by atoms with Crippen LogP contribution in [0.3, 0.4) is 0 Å². The maximum Gasteiger partial charge on any atom is 0.277 e. The Bertz CT molecular complexity index is 1030. The second-order valence-electron chi connectivity index (χ2n) is 8.41. The second kappa shape index (κ2) is 9.47. The number of hydrogen-bond donors (Lipinski definition) is 0. The van der Waals surface area contributed by atoms with Gasteiger partial charge in [-0.15, -0.1) is 0 Å². The van der Waals surface area contributed by atoms with E-state index < -0.39 is 0 Å². The van der Waals surface area contributed by atoms with E-state index in [-0.39, 0.29) is 25.0 Å². The summed E-state index contributed by atoms with van der Waals surface area (Å²) < 4.78 is 11.4. The van der Waals surface area contributed by atoms with Crippen LogP contribution in [0, 0.1) is 13.8 Å². The largest absolute Gasteiger partial charge is 0.496 e. The van der Waals surface area contributed by atoms with Crippen molar-refractivity contribution in [2.75, 3.05) is 33.4 Å². The highest BCUT2D eigenvalue weighted by Gasteiger charge is 2.42. The van der Waals surface area contributed by atoms with Crippen molar-refractivity contribution in [1.82, 2.24) is 9.80 Å². The number of piperidine rings is 1. The molecule has 2 aliphatic heterocycles. The third-order valence-electron chi connectivity index (χ3n) is 5.97. The number of carbonyl (C=O) groups excluding carboxylic acids is 2. The van der Waals surface area contributed by atoms with Gasteiger partial charge in [0.2, 0.25) is 0 Å². The van der Waals surface area contributed by atoms with Gasteiger partial charge in [-0.05, 0) is 62.4 Å². The number of ether oxygens (including phenoxy) is 2. The molecule has 1 saturated heterocycles. The molecule has 4 rings (SSSR count). The van der Waals surface area contributed by atoms with Gasteiger partial charge >= 0.3 is 0 Å². The minimum atomic E-state index is -0.288. The lowest BCUT2D eigenvalue weighted by molar-refractivity contribution is -0.138. The minimum Gasteiger partial charge on any atom is -0.496 e. The lowest BCUT2D eigenvalue weighted by Gasteiger charge is -2.29. The highest BCUT2D eigenvalue weighted by Crippen LogP contribution is 2.37. The Morgan fingerprint density at radius 1 is 0.906 bits per heavy atom. The van der Waals surface area contributed by atoms with Crippen LogP contribution in [0.15, 0.2) is 48.2 Å². The lowest BCUT2D eigenvalue weighted by atomic mass is 10.0. The summed E-state index contributed by atoms with van der Waals surface area (Å²) in [7, 11) is 1.58. The first-order valence-electron chi connectivity index (χ1n) is 11.2. The molecule has 168 valence electrons. The maximum absolute atomic E-state index is 13.5. The van der Waals surface area contributed by atoms with E-state index in [1.54, 1.807) is 7.11 Å². The molecule has 0 bridgehead atoms. The van der Waals surface area contributed by atoms with Crippen molar-refractivity contribution >= 4 is 17.4 Å². The van der Waals surface area contributed by atoms with Gasteiger partial charge in [0.25, 0.3) is 11.8 Å². The van der Waals surface area contributed by atoms with Crippen molar-refractivity contribution in [2.45, 2.75) is 33.1 Å². The van der Waals surface area contributed by atoms with Gasteiger partial charge in [0.15, 0.2) is 0 Å². The number of hydrogen-bond acceptors (Lipinski definition) is 5. The number of imide groups is 1. The van der Waals surface area contributed by atoms with Gasteiger partial charge in [0.1, 0.15) is 23.8 Å². The Kier molecular flexibility index (Phi) is 6.49. The minimum absolute atomic E-state index is 0.195. The Morgan fingerprint density at radius 3 is 2.28 bits per heavy atom. The number of para-hydroxylation sites is 1. The SMILES string of the molecule is COc1ccccc1C1=C(N2CCCCC2)C(=O)N(CCOc2cc(C)cc(C)c2)C1=O. The first kappa shape index (κ1) is 21.9. The number of amides is 2. The topological polar surface area (TPSA) is 59.1 Å². The van der Waals surface area contributed by atoms with Crippen molar-refractivity contribution in [3.8, 4) is 11.5 Å². The summed E-state index contributed by atoms with van der Waals surface area (Å²) in [5.74, 6) is 0.799. The quantitative estimate of drug-likeness (QED) is 0.618. The monoisotopic (exact) mass is 434 g/mol. The number of rotatable bonds is 7. The van der Waals surface area contributed by atoms with Crippen LogP contribution in [0.5, 0.6) is 11.5 Å². The van der Waals surface area contributed by atoms with Gasteiger partial charge in [-0.3, -0.25) is 14.5 Å². The first-order valence-corrected chi connectivity index (χ1v) is 11.2. The Balaban J connectivity index is 1.60. The van der Waals surface area contributed by atoms with E-state index in [0.717, 1.165) is 49.2 Å². The fourth-order valence-electron chi connectivity index (χ4n) is 4.54. The lowest BCUT2D eigenvalue weighted by Crippen LogP contribution is -2.39. The van der Waals surface area contributed by atoms with E-state index in [2.05, 4.69) is 11.0 Å². The van der Waals surface area contributed by atoms with E-state index in [1.165, 1.54) is 4.90 Å². The maximum atomic E-state index is 13.5. The molecular weight excluding hydrogens is 404 g/mol. The molecule has 1 fully saturated rings. The third-order valence-corrected chi connectivity index (χ3v) is 5.97. The first-order chi connectivity index (χ1) is 15.5. The van der Waals surface area contributed by atoms with Crippen molar-refractivity contribution in [3.05, 3.63) is 64.9 Å². The van der Waals surface area contributed by atoms with Gasteiger partial charge < -0.3 is 14.4 Å². The standard InChI is InChI=1S/C26H30N2O4/c1-18-15-19(2)17-20(16-18)32-14-13-28-25(29)23(21-9-5-6-10-22(21)31-3)24(26(28)30)27-11-7-4-8-12-27/h5-6,9-10,15-17H,4,7-8,11-14H2,1-3H3. The van der Waals surface area contributed by atoms with Gasteiger partial charge in [-0.25, -0.2) is 0 Å². The fraction of sp³-hybridized carbons (Fsp3) is 0.385. The predicted octanol–water partition coefficient (Wildman–Crippen LogP) is 3.96. The van der Waals surface area contributed by atoms with E-state index in [4.69, 9.17) is 9.47 Å². The van der Waals surface area contributed by atoms with Crippen molar-refractivity contribution in [1.29, 1.82) is 0 Å². The molecule has 2 amide bonds. The molecule has 0 atom stereocenters. The van der Waals surface area contributed by atoms with Gasteiger partial charge in [0.05, 0.1) is 19.2 Å². The zero-order chi connectivity index (χ0) is 22.7. The van der Waals surface area contributed by atoms with Crippen LogP contribution in [-0.2, 0) is 9.59 Å². The van der Waals surface area contributed by atoms with E-state index in [1.807, 2.05) is 50.2 Å². The third kappa shape index (κ3) is 4.35. The molecule has 0 radical (unpaired) electrons. The molecule has 0 aromatic heterocycles. The van der Waals surface area contributed by atoms with E-state index in [9.17, 15) is 9.59 Å². The number of benzene rings is 2. The smallest absolute Gasteiger partial charge is 0.277 e. The van der Waals surface area contributed by atoms with Gasteiger partial charge in [0, 0.05) is 18.7 Å². The second-order valence-corrected chi connectivity index (χ2v) is 8.41. The number of nitrogens with zero attached hydrogens (tertiary/aromatic N) is 2. The summed E-state index contributed by atoms with van der Waals surface area (Å²) in [5, 5.41) is 0. The average molecular weight is 435 g/mol. The number of carbonyl (C=O) groups is 2. The molecule has 2 heterocycles. The average Bonchev–Trinajstić information content (AvgIpc) is 3.03. The van der Waals surface area contributed by atoms with E-state index >= 15 is 0 Å². The molecule has 2 aromatic rings. The van der Waals surface area contributed by atoms with Crippen LogP contribution < -0.4 is 9.47 Å². The Morgan fingerprint density at radius 2 is 1.59 bits per heavy atom. The zero-order valence-corrected chi connectivity index (χ0v) is 19.0. The van der Waals surface area contributed by atoms with Crippen molar-refractivity contribution in [3.63, 3.8) is 0 Å². The molecule has 6 heteroatoms. The zero-order valence-electron chi connectivity index (χ0n) is 19.0. The van der Waals surface area contributed by atoms with Crippen LogP contribution in [0.4, 0.5) is 0 Å². The summed E-state index contributed by atoms with van der Waals surface area (Å²) in [5.41, 5.74) is 3.81. The summed E-state index contributed by atoms with van der Waals surface area (Å²) >= 11 is 0. The van der Waals surface area contributed by atoms with Gasteiger partial charge in [-0.1, -0.05) is 24.3 Å². The number of aryl methyl sites for hydroxylation is 2. The van der Waals surface area contributed by atoms with Crippen LogP contribution in [0.2, 0.25) is 0 Å². The number of likely N-dealkylation sites (tertiary alicyclic amines) is 1. The molecule has 32 heavy (non-hydrogen) atoms. The summed E-state index contributed by atoms with van der Waals surface area (Å²) in [6, 6.07) is 13.4. The molecule has 6 nitrogen and oxygen atoms in total. The highest BCUT2D eigenvalue weighted by molar-refractivity contribution is 6.36. The van der Waals surface area contributed by atoms with Crippen LogP contribution in [0.25, 0.3) is 5.57 Å². The molecule has 0 N–H and O–H groups in total. The molecule has 0 spiro atoms. The molecule has 0 aliphatic carbocycles. The predicted molar refractivity (Wildman–Crippen MR) is 123 cm³/mol. The molecule has 2 aliphatic rings. The highest BCUT2D eigenvalue weighted by atomic mass is 16.5. The van der Waals surface area contributed by atoms with Crippen LogP contribution in [-0.4, -0.2) is 55.0 Å². The Hall–Kier alpha value is -3.28. The summed E-state index contributed by atoms with van der Waals surface area (Å²) in [6.45, 7) is 6.02.